The number of nitrogens with one attached hydrogen (secondary N) is 1. The maximum atomic E-state index is 4.49. The van der Waals surface area contributed by atoms with Crippen molar-refractivity contribution in [1.29, 1.82) is 0 Å². The van der Waals surface area contributed by atoms with Gasteiger partial charge in [0.2, 0.25) is 5.95 Å². The molecular weight excluding hydrogens is 244 g/mol. The Bertz CT molecular complexity index is 358. The summed E-state index contributed by atoms with van der Waals surface area (Å²) in [5.74, 6) is 0.870. The molecule has 18 heavy (non-hydrogen) atoms. The highest BCUT2D eigenvalue weighted by Gasteiger charge is 2.23. The topological polar surface area (TPSA) is 41.1 Å². The Balaban J connectivity index is 2.00. The fourth-order valence-electron chi connectivity index (χ4n) is 2.21. The van der Waals surface area contributed by atoms with E-state index in [1.54, 1.807) is 0 Å². The SMILES string of the molecule is CCNCc1cnc(N2CC(C)SC(C)C2)nc1. The summed E-state index contributed by atoms with van der Waals surface area (Å²) in [6.45, 7) is 10.5. The van der Waals surface area contributed by atoms with Crippen LogP contribution in [0.1, 0.15) is 26.3 Å². The molecule has 0 saturated carbocycles. The van der Waals surface area contributed by atoms with E-state index >= 15 is 0 Å². The zero-order chi connectivity index (χ0) is 13.0. The van der Waals surface area contributed by atoms with Crippen LogP contribution < -0.4 is 10.2 Å². The fraction of sp³-hybridized carbons (Fsp3) is 0.692. The number of aromatic nitrogens is 2. The quantitative estimate of drug-likeness (QED) is 0.901. The average Bonchev–Trinajstić information content (AvgIpc) is 2.36. The summed E-state index contributed by atoms with van der Waals surface area (Å²) in [5, 5.41) is 4.58. The van der Waals surface area contributed by atoms with E-state index in [2.05, 4.69) is 41.0 Å². The fourth-order valence-corrected chi connectivity index (χ4v) is 3.54. The molecule has 2 rings (SSSR count). The lowest BCUT2D eigenvalue weighted by molar-refractivity contribution is 0.696. The van der Waals surface area contributed by atoms with Gasteiger partial charge in [-0.1, -0.05) is 20.8 Å². The van der Waals surface area contributed by atoms with Crippen LogP contribution in [-0.2, 0) is 6.54 Å². The highest BCUT2D eigenvalue weighted by Crippen LogP contribution is 2.26. The third-order valence-corrected chi connectivity index (χ3v) is 4.20. The molecule has 5 heteroatoms. The van der Waals surface area contributed by atoms with Crippen molar-refractivity contribution in [2.75, 3.05) is 24.5 Å². The zero-order valence-corrected chi connectivity index (χ0v) is 12.2. The van der Waals surface area contributed by atoms with Crippen molar-refractivity contribution in [2.24, 2.45) is 0 Å². The van der Waals surface area contributed by atoms with Gasteiger partial charge in [0, 0.05) is 48.1 Å². The van der Waals surface area contributed by atoms with E-state index in [0.29, 0.717) is 10.5 Å². The summed E-state index contributed by atoms with van der Waals surface area (Å²) in [4.78, 5) is 11.3. The van der Waals surface area contributed by atoms with Crippen LogP contribution in [0.3, 0.4) is 0 Å². The van der Waals surface area contributed by atoms with Crippen molar-refractivity contribution in [3.63, 3.8) is 0 Å². The van der Waals surface area contributed by atoms with Crippen LogP contribution >= 0.6 is 11.8 Å². The minimum atomic E-state index is 0.652. The molecule has 0 spiro atoms. The number of rotatable bonds is 4. The van der Waals surface area contributed by atoms with Gasteiger partial charge in [-0.05, 0) is 6.54 Å². The van der Waals surface area contributed by atoms with Gasteiger partial charge in [0.05, 0.1) is 0 Å². The number of nitrogens with zero attached hydrogens (tertiary/aromatic N) is 3. The van der Waals surface area contributed by atoms with Crippen LogP contribution in [0.15, 0.2) is 12.4 Å². The average molecular weight is 266 g/mol. The van der Waals surface area contributed by atoms with Crippen molar-refractivity contribution in [3.05, 3.63) is 18.0 Å². The van der Waals surface area contributed by atoms with E-state index in [9.17, 15) is 0 Å². The molecular formula is C13H22N4S. The second-order valence-electron chi connectivity index (χ2n) is 4.83. The third kappa shape index (κ3) is 3.59. The summed E-state index contributed by atoms with van der Waals surface area (Å²) in [7, 11) is 0. The molecule has 0 aliphatic carbocycles. The van der Waals surface area contributed by atoms with Crippen molar-refractivity contribution < 1.29 is 0 Å². The Morgan fingerprint density at radius 2 is 1.89 bits per heavy atom. The largest absolute Gasteiger partial charge is 0.339 e. The molecule has 4 nitrogen and oxygen atoms in total. The van der Waals surface area contributed by atoms with Gasteiger partial charge < -0.3 is 10.2 Å². The molecule has 2 heterocycles. The van der Waals surface area contributed by atoms with Crippen LogP contribution in [0.5, 0.6) is 0 Å². The van der Waals surface area contributed by atoms with Crippen LogP contribution in [0, 0.1) is 0 Å². The molecule has 1 aromatic heterocycles. The van der Waals surface area contributed by atoms with Crippen LogP contribution in [-0.4, -0.2) is 40.1 Å². The lowest BCUT2D eigenvalue weighted by Crippen LogP contribution is -2.41. The Labute approximate surface area is 114 Å². The molecule has 0 aromatic carbocycles. The van der Waals surface area contributed by atoms with Gasteiger partial charge in [-0.15, -0.1) is 0 Å². The van der Waals surface area contributed by atoms with Crippen molar-refractivity contribution >= 4 is 17.7 Å². The first-order chi connectivity index (χ1) is 8.69. The van der Waals surface area contributed by atoms with Crippen LogP contribution in [0.25, 0.3) is 0 Å². The second-order valence-corrected chi connectivity index (χ2v) is 6.72. The summed E-state index contributed by atoms with van der Waals surface area (Å²) >= 11 is 2.05. The van der Waals surface area contributed by atoms with Crippen LogP contribution in [0.4, 0.5) is 5.95 Å². The molecule has 0 bridgehead atoms. The lowest BCUT2D eigenvalue weighted by atomic mass is 10.3. The highest BCUT2D eigenvalue weighted by atomic mass is 32.2. The van der Waals surface area contributed by atoms with E-state index in [4.69, 9.17) is 0 Å². The minimum absolute atomic E-state index is 0.652. The lowest BCUT2D eigenvalue weighted by Gasteiger charge is -2.34. The number of thioether (sulfide) groups is 1. The molecule has 2 unspecified atom stereocenters. The molecule has 0 radical (unpaired) electrons. The van der Waals surface area contributed by atoms with Gasteiger partial charge in [0.1, 0.15) is 0 Å². The molecule has 0 amide bonds. The van der Waals surface area contributed by atoms with Gasteiger partial charge in [-0.2, -0.15) is 11.8 Å². The van der Waals surface area contributed by atoms with Gasteiger partial charge in [-0.3, -0.25) is 0 Å². The van der Waals surface area contributed by atoms with Crippen molar-refractivity contribution in [3.8, 4) is 0 Å². The monoisotopic (exact) mass is 266 g/mol. The van der Waals surface area contributed by atoms with Crippen molar-refractivity contribution in [1.82, 2.24) is 15.3 Å². The van der Waals surface area contributed by atoms with Crippen molar-refractivity contribution in [2.45, 2.75) is 37.8 Å². The number of anilines is 1. The number of hydrogen-bond acceptors (Lipinski definition) is 5. The zero-order valence-electron chi connectivity index (χ0n) is 11.4. The molecule has 1 fully saturated rings. The molecule has 1 saturated heterocycles. The van der Waals surface area contributed by atoms with E-state index in [0.717, 1.165) is 37.7 Å². The number of hydrogen-bond donors (Lipinski definition) is 1. The molecule has 1 N–H and O–H groups in total. The summed E-state index contributed by atoms with van der Waals surface area (Å²) in [5.41, 5.74) is 1.15. The van der Waals surface area contributed by atoms with Gasteiger partial charge in [-0.25, -0.2) is 9.97 Å². The Morgan fingerprint density at radius 1 is 1.28 bits per heavy atom. The van der Waals surface area contributed by atoms with E-state index in [1.165, 1.54) is 0 Å². The Hall–Kier alpha value is -0.810. The second kappa shape index (κ2) is 6.38. The summed E-state index contributed by atoms with van der Waals surface area (Å²) in [6, 6.07) is 0. The summed E-state index contributed by atoms with van der Waals surface area (Å²) < 4.78 is 0. The van der Waals surface area contributed by atoms with Gasteiger partial charge in [0.25, 0.3) is 0 Å². The first-order valence-corrected chi connectivity index (χ1v) is 7.55. The maximum absolute atomic E-state index is 4.49. The third-order valence-electron chi connectivity index (χ3n) is 2.97. The Morgan fingerprint density at radius 3 is 2.44 bits per heavy atom. The Kier molecular flexibility index (Phi) is 4.83. The summed E-state index contributed by atoms with van der Waals surface area (Å²) in [6.07, 6.45) is 3.87. The molecule has 2 atom stereocenters. The minimum Gasteiger partial charge on any atom is -0.339 e. The molecule has 1 aliphatic heterocycles. The van der Waals surface area contributed by atoms with E-state index in [-0.39, 0.29) is 0 Å². The van der Waals surface area contributed by atoms with E-state index in [1.807, 2.05) is 24.2 Å². The van der Waals surface area contributed by atoms with Gasteiger partial charge in [0.15, 0.2) is 0 Å². The normalized spacial score (nSPS) is 24.3. The van der Waals surface area contributed by atoms with E-state index < -0.39 is 0 Å². The smallest absolute Gasteiger partial charge is 0.225 e. The predicted octanol–water partition coefficient (Wildman–Crippen LogP) is 1.92. The molecule has 1 aliphatic rings. The molecule has 100 valence electrons. The standard InChI is InChI=1S/C13H22N4S/c1-4-14-5-12-6-15-13(16-7-12)17-8-10(2)18-11(3)9-17/h6-7,10-11,14H,4-5,8-9H2,1-3H3. The first-order valence-electron chi connectivity index (χ1n) is 6.61. The predicted molar refractivity (Wildman–Crippen MR) is 78.1 cm³/mol. The first kappa shape index (κ1) is 13.6. The van der Waals surface area contributed by atoms with Gasteiger partial charge >= 0.3 is 0 Å². The molecule has 1 aromatic rings. The van der Waals surface area contributed by atoms with Crippen LogP contribution in [0.2, 0.25) is 0 Å². The highest BCUT2D eigenvalue weighted by molar-refractivity contribution is 8.00. The maximum Gasteiger partial charge on any atom is 0.225 e.